The van der Waals surface area contributed by atoms with E-state index in [9.17, 15) is 9.65 Å². The van der Waals surface area contributed by atoms with E-state index in [1.807, 2.05) is 24.3 Å². The molecule has 3 rings (SSSR count). The molecule has 0 radical (unpaired) electrons. The van der Waals surface area contributed by atoms with Gasteiger partial charge in [-0.3, -0.25) is 0 Å². The summed E-state index contributed by atoms with van der Waals surface area (Å²) >= 11 is 0. The van der Waals surface area contributed by atoms with E-state index in [2.05, 4.69) is 16.0 Å². The number of hydrogen-bond acceptors (Lipinski definition) is 3. The van der Waals surface area contributed by atoms with Crippen molar-refractivity contribution >= 4 is 5.82 Å². The van der Waals surface area contributed by atoms with Gasteiger partial charge in [0.05, 0.1) is 5.56 Å². The van der Waals surface area contributed by atoms with Crippen molar-refractivity contribution in [2.45, 2.75) is 12.8 Å². The van der Waals surface area contributed by atoms with Crippen LogP contribution in [0.15, 0.2) is 30.3 Å². The molecule has 22 heavy (non-hydrogen) atoms. The molecule has 1 fully saturated rings. The second kappa shape index (κ2) is 6.52. The number of anilines is 1. The molecule has 1 aromatic heterocycles. The van der Waals surface area contributed by atoms with Gasteiger partial charge in [-0.2, -0.15) is 5.26 Å². The summed E-state index contributed by atoms with van der Waals surface area (Å²) in [6.07, 6.45) is 2.32. The number of rotatable bonds is 5. The highest BCUT2D eigenvalue weighted by atomic mass is 19.1. The molecule has 0 atom stereocenters. The minimum absolute atomic E-state index is 0.0522. The molecule has 1 aromatic carbocycles. The van der Waals surface area contributed by atoms with Crippen LogP contribution in [0.2, 0.25) is 0 Å². The van der Waals surface area contributed by atoms with Crippen LogP contribution in [0.4, 0.5) is 10.2 Å². The van der Waals surface area contributed by atoms with Gasteiger partial charge in [0.15, 0.2) is 0 Å². The first kappa shape index (κ1) is 14.5. The molecule has 1 saturated heterocycles. The van der Waals surface area contributed by atoms with Crippen LogP contribution in [0, 0.1) is 11.3 Å². The number of aromatic nitrogens is 1. The molecule has 4 nitrogen and oxygen atoms in total. The molecule has 0 amide bonds. The maximum atomic E-state index is 12.2. The number of alkyl halides is 1. The number of nitriles is 1. The molecule has 0 spiro atoms. The SMILES string of the molecule is N#Cc1cc(-c2cccc(OCCF)c2)[nH]c1N1CCCC1. The molecule has 1 aliphatic rings. The van der Waals surface area contributed by atoms with E-state index >= 15 is 0 Å². The maximum absolute atomic E-state index is 12.2. The number of ether oxygens (including phenoxy) is 1. The van der Waals surface area contributed by atoms with Gasteiger partial charge in [0.2, 0.25) is 0 Å². The highest BCUT2D eigenvalue weighted by Gasteiger charge is 2.19. The van der Waals surface area contributed by atoms with Gasteiger partial charge in [-0.05, 0) is 31.0 Å². The zero-order chi connectivity index (χ0) is 15.4. The lowest BCUT2D eigenvalue weighted by Gasteiger charge is -2.15. The Hall–Kier alpha value is -2.48. The predicted molar refractivity (Wildman–Crippen MR) is 83.9 cm³/mol. The summed E-state index contributed by atoms with van der Waals surface area (Å²) in [4.78, 5) is 5.56. The topological polar surface area (TPSA) is 52.0 Å². The third-order valence-electron chi connectivity index (χ3n) is 3.83. The number of aromatic amines is 1. The standard InChI is InChI=1S/C17H18FN3O/c18-6-9-22-15-5-3-4-13(10-15)16-11-14(12-19)17(20-16)21-7-1-2-8-21/h3-5,10-11,20H,1-2,6-9H2. The third kappa shape index (κ3) is 2.91. The molecule has 5 heteroatoms. The van der Waals surface area contributed by atoms with Gasteiger partial charge >= 0.3 is 0 Å². The maximum Gasteiger partial charge on any atom is 0.124 e. The molecular weight excluding hydrogens is 281 g/mol. The van der Waals surface area contributed by atoms with E-state index in [1.54, 1.807) is 6.07 Å². The molecule has 2 aromatic rings. The second-order valence-corrected chi connectivity index (χ2v) is 5.32. The zero-order valence-corrected chi connectivity index (χ0v) is 12.3. The van der Waals surface area contributed by atoms with Crippen molar-refractivity contribution in [1.82, 2.24) is 4.98 Å². The van der Waals surface area contributed by atoms with Crippen LogP contribution in [0.5, 0.6) is 5.75 Å². The van der Waals surface area contributed by atoms with Gasteiger partial charge in [-0.1, -0.05) is 12.1 Å². The molecule has 114 valence electrons. The fourth-order valence-corrected chi connectivity index (χ4v) is 2.78. The summed E-state index contributed by atoms with van der Waals surface area (Å²) in [7, 11) is 0. The molecule has 0 aliphatic carbocycles. The molecule has 1 N–H and O–H groups in total. The van der Waals surface area contributed by atoms with Gasteiger partial charge in [0.1, 0.15) is 30.9 Å². The fraction of sp³-hybridized carbons (Fsp3) is 0.353. The van der Waals surface area contributed by atoms with E-state index in [0.717, 1.165) is 43.0 Å². The average Bonchev–Trinajstić information content (AvgIpc) is 3.21. The summed E-state index contributed by atoms with van der Waals surface area (Å²) in [5.41, 5.74) is 2.47. The Morgan fingerprint density at radius 1 is 1.27 bits per heavy atom. The molecule has 1 aliphatic heterocycles. The van der Waals surface area contributed by atoms with Crippen molar-refractivity contribution in [3.8, 4) is 23.1 Å². The van der Waals surface area contributed by atoms with Crippen molar-refractivity contribution < 1.29 is 9.13 Å². The lowest BCUT2D eigenvalue weighted by molar-refractivity contribution is 0.273. The van der Waals surface area contributed by atoms with Crippen molar-refractivity contribution in [2.24, 2.45) is 0 Å². The Balaban J connectivity index is 1.90. The van der Waals surface area contributed by atoms with Crippen LogP contribution >= 0.6 is 0 Å². The minimum atomic E-state index is -0.510. The van der Waals surface area contributed by atoms with Gasteiger partial charge in [-0.15, -0.1) is 0 Å². The van der Waals surface area contributed by atoms with Gasteiger partial charge in [-0.25, -0.2) is 4.39 Å². The van der Waals surface area contributed by atoms with Crippen LogP contribution in [0.3, 0.4) is 0 Å². The van der Waals surface area contributed by atoms with Crippen molar-refractivity contribution in [3.05, 3.63) is 35.9 Å². The molecule has 0 saturated carbocycles. The monoisotopic (exact) mass is 299 g/mol. The first-order chi connectivity index (χ1) is 10.8. The van der Waals surface area contributed by atoms with Crippen LogP contribution < -0.4 is 9.64 Å². The lowest BCUT2D eigenvalue weighted by Crippen LogP contribution is -2.18. The molecular formula is C17H18FN3O. The summed E-state index contributed by atoms with van der Waals surface area (Å²) in [6, 6.07) is 11.6. The van der Waals surface area contributed by atoms with Crippen molar-refractivity contribution in [1.29, 1.82) is 5.26 Å². The Bertz CT molecular complexity index is 683. The first-order valence-corrected chi connectivity index (χ1v) is 7.49. The lowest BCUT2D eigenvalue weighted by atomic mass is 10.1. The Kier molecular flexibility index (Phi) is 4.29. The summed E-state index contributed by atoms with van der Waals surface area (Å²) in [5.74, 6) is 1.52. The second-order valence-electron chi connectivity index (χ2n) is 5.32. The Morgan fingerprint density at radius 2 is 2.09 bits per heavy atom. The van der Waals surface area contributed by atoms with E-state index in [-0.39, 0.29) is 6.61 Å². The number of nitrogens with one attached hydrogen (secondary N) is 1. The molecule has 0 bridgehead atoms. The highest BCUT2D eigenvalue weighted by Crippen LogP contribution is 2.30. The molecule has 2 heterocycles. The van der Waals surface area contributed by atoms with Crippen LogP contribution in [0.25, 0.3) is 11.3 Å². The van der Waals surface area contributed by atoms with E-state index in [1.165, 1.54) is 0 Å². The zero-order valence-electron chi connectivity index (χ0n) is 12.3. The largest absolute Gasteiger partial charge is 0.491 e. The summed E-state index contributed by atoms with van der Waals surface area (Å²) in [5, 5.41) is 9.35. The number of H-pyrrole nitrogens is 1. The van der Waals surface area contributed by atoms with E-state index in [0.29, 0.717) is 11.3 Å². The summed E-state index contributed by atoms with van der Waals surface area (Å²) < 4.78 is 17.5. The predicted octanol–water partition coefficient (Wildman–Crippen LogP) is 3.50. The number of nitrogens with zero attached hydrogens (tertiary/aromatic N) is 2. The van der Waals surface area contributed by atoms with Crippen LogP contribution in [-0.4, -0.2) is 31.4 Å². The number of benzene rings is 1. The van der Waals surface area contributed by atoms with Gasteiger partial charge in [0.25, 0.3) is 0 Å². The van der Waals surface area contributed by atoms with Gasteiger partial charge < -0.3 is 14.6 Å². The number of halogens is 1. The minimum Gasteiger partial charge on any atom is -0.491 e. The third-order valence-corrected chi connectivity index (χ3v) is 3.83. The summed E-state index contributed by atoms with van der Waals surface area (Å²) in [6.45, 7) is 1.50. The van der Waals surface area contributed by atoms with Crippen LogP contribution in [-0.2, 0) is 0 Å². The highest BCUT2D eigenvalue weighted by molar-refractivity contribution is 5.70. The van der Waals surface area contributed by atoms with Crippen molar-refractivity contribution in [3.63, 3.8) is 0 Å². The first-order valence-electron chi connectivity index (χ1n) is 7.49. The van der Waals surface area contributed by atoms with Crippen molar-refractivity contribution in [2.75, 3.05) is 31.3 Å². The normalized spacial score (nSPS) is 14.1. The van der Waals surface area contributed by atoms with Crippen LogP contribution in [0.1, 0.15) is 18.4 Å². The molecule has 0 unspecified atom stereocenters. The van der Waals surface area contributed by atoms with Gasteiger partial charge in [0, 0.05) is 24.3 Å². The quantitative estimate of drug-likeness (QED) is 0.919. The number of hydrogen-bond donors (Lipinski definition) is 1. The van der Waals surface area contributed by atoms with E-state index in [4.69, 9.17) is 4.74 Å². The van der Waals surface area contributed by atoms with E-state index < -0.39 is 6.67 Å². The smallest absolute Gasteiger partial charge is 0.124 e. The Labute approximate surface area is 129 Å². The average molecular weight is 299 g/mol. The Morgan fingerprint density at radius 3 is 2.82 bits per heavy atom. The fourth-order valence-electron chi connectivity index (χ4n) is 2.78.